The topological polar surface area (TPSA) is 59.0 Å². The zero-order valence-electron chi connectivity index (χ0n) is 15.6. The number of hydrogen-bond acceptors (Lipinski definition) is 5. The van der Waals surface area contributed by atoms with E-state index in [0.29, 0.717) is 23.4 Å². The van der Waals surface area contributed by atoms with Crippen LogP contribution < -0.4 is 4.74 Å². The zero-order chi connectivity index (χ0) is 20.7. The summed E-state index contributed by atoms with van der Waals surface area (Å²) in [6, 6.07) is 11.3. The number of methoxy groups -OCH3 is 1. The summed E-state index contributed by atoms with van der Waals surface area (Å²) in [5, 5.41) is 10.1. The monoisotopic (exact) mass is 397 g/mol. The Bertz CT molecular complexity index is 761. The molecule has 28 heavy (non-hydrogen) atoms. The standard InChI is InChI=1S/C20H22F3NO4/c1-24(11-14-3-7-16(8-4-14)20(21,22)23)12-17(25)13-28-18-9-5-15(6-10-18)19(26)27-2/h3-10,17,25H,11-13H2,1-2H3. The van der Waals surface area contributed by atoms with Crippen molar-refractivity contribution in [3.8, 4) is 5.75 Å². The molecule has 0 aliphatic rings. The lowest BCUT2D eigenvalue weighted by Crippen LogP contribution is -2.32. The van der Waals surface area contributed by atoms with Crippen molar-refractivity contribution in [2.75, 3.05) is 27.3 Å². The van der Waals surface area contributed by atoms with Crippen LogP contribution in [-0.4, -0.2) is 49.4 Å². The summed E-state index contributed by atoms with van der Waals surface area (Å²) in [5.41, 5.74) is 0.416. The summed E-state index contributed by atoms with van der Waals surface area (Å²) in [4.78, 5) is 13.2. The van der Waals surface area contributed by atoms with Gasteiger partial charge in [-0.2, -0.15) is 13.2 Å². The van der Waals surface area contributed by atoms with Crippen LogP contribution in [0.5, 0.6) is 5.75 Å². The molecule has 1 N–H and O–H groups in total. The fourth-order valence-electron chi connectivity index (χ4n) is 2.59. The molecule has 2 aromatic rings. The highest BCUT2D eigenvalue weighted by atomic mass is 19.4. The van der Waals surface area contributed by atoms with Gasteiger partial charge in [-0.15, -0.1) is 0 Å². The maximum atomic E-state index is 12.6. The molecule has 0 bridgehead atoms. The van der Waals surface area contributed by atoms with E-state index in [1.54, 1.807) is 36.2 Å². The van der Waals surface area contributed by atoms with E-state index in [2.05, 4.69) is 4.74 Å². The molecule has 2 aromatic carbocycles. The van der Waals surface area contributed by atoms with Gasteiger partial charge in [0.25, 0.3) is 0 Å². The summed E-state index contributed by atoms with van der Waals surface area (Å²) in [7, 11) is 3.05. The second-order valence-corrected chi connectivity index (χ2v) is 6.37. The Balaban J connectivity index is 1.79. The van der Waals surface area contributed by atoms with Crippen LogP contribution in [0.15, 0.2) is 48.5 Å². The Morgan fingerprint density at radius 2 is 1.71 bits per heavy atom. The summed E-state index contributed by atoms with van der Waals surface area (Å²) < 4.78 is 47.8. The number of hydrogen-bond donors (Lipinski definition) is 1. The third-order valence-corrected chi connectivity index (χ3v) is 3.97. The molecule has 2 rings (SSSR count). The Hall–Kier alpha value is -2.58. The van der Waals surface area contributed by atoms with Crippen molar-refractivity contribution in [3.05, 3.63) is 65.2 Å². The highest BCUT2D eigenvalue weighted by Gasteiger charge is 2.29. The largest absolute Gasteiger partial charge is 0.491 e. The lowest BCUT2D eigenvalue weighted by molar-refractivity contribution is -0.137. The molecule has 0 amide bonds. The SMILES string of the molecule is COC(=O)c1ccc(OCC(O)CN(C)Cc2ccc(C(F)(F)F)cc2)cc1. The first kappa shape index (κ1) is 21.7. The van der Waals surface area contributed by atoms with Crippen molar-refractivity contribution in [2.45, 2.75) is 18.8 Å². The van der Waals surface area contributed by atoms with E-state index in [4.69, 9.17) is 4.74 Å². The van der Waals surface area contributed by atoms with Crippen LogP contribution in [0.4, 0.5) is 13.2 Å². The minimum absolute atomic E-state index is 0.0366. The molecule has 0 heterocycles. The van der Waals surface area contributed by atoms with Gasteiger partial charge >= 0.3 is 12.1 Å². The van der Waals surface area contributed by atoms with E-state index in [-0.39, 0.29) is 13.2 Å². The first-order valence-electron chi connectivity index (χ1n) is 8.53. The van der Waals surface area contributed by atoms with Crippen LogP contribution in [0.3, 0.4) is 0 Å². The molecule has 0 radical (unpaired) electrons. The van der Waals surface area contributed by atoms with Crippen LogP contribution in [0.25, 0.3) is 0 Å². The fourth-order valence-corrected chi connectivity index (χ4v) is 2.59. The van der Waals surface area contributed by atoms with E-state index >= 15 is 0 Å². The van der Waals surface area contributed by atoms with Crippen molar-refractivity contribution in [1.29, 1.82) is 0 Å². The van der Waals surface area contributed by atoms with Gasteiger partial charge in [0.1, 0.15) is 18.5 Å². The average Bonchev–Trinajstić information content (AvgIpc) is 2.65. The summed E-state index contributed by atoms with van der Waals surface area (Å²) in [6.07, 6.45) is -5.15. The number of rotatable bonds is 8. The van der Waals surface area contributed by atoms with Gasteiger partial charge in [0.2, 0.25) is 0 Å². The quantitative estimate of drug-likeness (QED) is 0.693. The second kappa shape index (κ2) is 9.57. The number of aliphatic hydroxyl groups excluding tert-OH is 1. The molecule has 0 fully saturated rings. The predicted octanol–water partition coefficient (Wildman–Crippen LogP) is 3.36. The second-order valence-electron chi connectivity index (χ2n) is 6.37. The Kier molecular flexibility index (Phi) is 7.42. The van der Waals surface area contributed by atoms with Gasteiger partial charge in [-0.05, 0) is 49.0 Å². The van der Waals surface area contributed by atoms with E-state index < -0.39 is 23.8 Å². The number of likely N-dealkylation sites (N-methyl/N-ethyl adjacent to an activating group) is 1. The van der Waals surface area contributed by atoms with Gasteiger partial charge in [0, 0.05) is 13.1 Å². The first-order valence-corrected chi connectivity index (χ1v) is 8.53. The third kappa shape index (κ3) is 6.54. The van der Waals surface area contributed by atoms with Crippen molar-refractivity contribution in [3.63, 3.8) is 0 Å². The van der Waals surface area contributed by atoms with E-state index in [1.165, 1.54) is 19.2 Å². The lowest BCUT2D eigenvalue weighted by Gasteiger charge is -2.21. The smallest absolute Gasteiger partial charge is 0.416 e. The molecule has 0 aliphatic heterocycles. The van der Waals surface area contributed by atoms with Gasteiger partial charge < -0.3 is 14.6 Å². The fraction of sp³-hybridized carbons (Fsp3) is 0.350. The minimum Gasteiger partial charge on any atom is -0.491 e. The summed E-state index contributed by atoms with van der Waals surface area (Å²) in [5.74, 6) is 0.0496. The maximum absolute atomic E-state index is 12.6. The minimum atomic E-state index is -4.35. The van der Waals surface area contributed by atoms with Gasteiger partial charge in [0.15, 0.2) is 0 Å². The van der Waals surface area contributed by atoms with Crippen LogP contribution in [-0.2, 0) is 17.5 Å². The maximum Gasteiger partial charge on any atom is 0.416 e. The average molecular weight is 397 g/mol. The van der Waals surface area contributed by atoms with Crippen LogP contribution >= 0.6 is 0 Å². The number of halogens is 3. The molecule has 0 aliphatic carbocycles. The first-order chi connectivity index (χ1) is 13.2. The Morgan fingerprint density at radius 1 is 1.11 bits per heavy atom. The highest BCUT2D eigenvalue weighted by molar-refractivity contribution is 5.89. The molecule has 8 heteroatoms. The number of carbonyl (C=O) groups is 1. The Morgan fingerprint density at radius 3 is 2.25 bits per heavy atom. The Labute approximate surface area is 161 Å². The molecule has 1 atom stereocenters. The van der Waals surface area contributed by atoms with Gasteiger partial charge in [-0.3, -0.25) is 4.90 Å². The molecule has 1 unspecified atom stereocenters. The van der Waals surface area contributed by atoms with Crippen molar-refractivity contribution >= 4 is 5.97 Å². The van der Waals surface area contributed by atoms with Crippen molar-refractivity contribution < 1.29 is 32.5 Å². The molecule has 152 valence electrons. The van der Waals surface area contributed by atoms with Gasteiger partial charge in [-0.1, -0.05) is 12.1 Å². The molecular formula is C20H22F3NO4. The lowest BCUT2D eigenvalue weighted by atomic mass is 10.1. The number of benzene rings is 2. The van der Waals surface area contributed by atoms with Crippen LogP contribution in [0, 0.1) is 0 Å². The van der Waals surface area contributed by atoms with Crippen molar-refractivity contribution in [1.82, 2.24) is 4.90 Å². The van der Waals surface area contributed by atoms with E-state index in [0.717, 1.165) is 12.1 Å². The summed E-state index contributed by atoms with van der Waals surface area (Å²) >= 11 is 0. The molecular weight excluding hydrogens is 375 g/mol. The zero-order valence-corrected chi connectivity index (χ0v) is 15.6. The number of aliphatic hydroxyl groups is 1. The van der Waals surface area contributed by atoms with Crippen LogP contribution in [0.2, 0.25) is 0 Å². The van der Waals surface area contributed by atoms with E-state index in [9.17, 15) is 23.1 Å². The van der Waals surface area contributed by atoms with Crippen molar-refractivity contribution in [2.24, 2.45) is 0 Å². The molecule has 0 saturated heterocycles. The normalized spacial score (nSPS) is 12.7. The number of esters is 1. The molecule has 0 aromatic heterocycles. The van der Waals surface area contributed by atoms with Crippen LogP contribution in [0.1, 0.15) is 21.5 Å². The third-order valence-electron chi connectivity index (χ3n) is 3.97. The highest BCUT2D eigenvalue weighted by Crippen LogP contribution is 2.29. The van der Waals surface area contributed by atoms with Gasteiger partial charge in [0.05, 0.1) is 18.2 Å². The predicted molar refractivity (Wildman–Crippen MR) is 97.1 cm³/mol. The number of alkyl halides is 3. The summed E-state index contributed by atoms with van der Waals surface area (Å²) in [6.45, 7) is 0.708. The molecule has 0 spiro atoms. The number of ether oxygens (including phenoxy) is 2. The number of carbonyl (C=O) groups excluding carboxylic acids is 1. The van der Waals surface area contributed by atoms with E-state index in [1.807, 2.05) is 0 Å². The number of nitrogens with zero attached hydrogens (tertiary/aromatic N) is 1. The van der Waals surface area contributed by atoms with Gasteiger partial charge in [-0.25, -0.2) is 4.79 Å². The molecule has 0 saturated carbocycles. The molecule has 5 nitrogen and oxygen atoms in total.